The first-order valence-corrected chi connectivity index (χ1v) is 4.70. The highest BCUT2D eigenvalue weighted by molar-refractivity contribution is 5.09. The normalized spacial score (nSPS) is 11.1. The van der Waals surface area contributed by atoms with Crippen molar-refractivity contribution in [2.75, 3.05) is 0 Å². The second-order valence-electron chi connectivity index (χ2n) is 3.29. The second kappa shape index (κ2) is 3.74. The molecule has 1 aromatic heterocycles. The molecule has 1 aromatic rings. The van der Waals surface area contributed by atoms with Gasteiger partial charge < -0.3 is 4.57 Å². The Hall–Kier alpha value is -0.790. The topological polar surface area (TPSA) is 17.8 Å². The number of hydrogen-bond donors (Lipinski definition) is 0. The Morgan fingerprint density at radius 2 is 1.92 bits per heavy atom. The molecule has 0 amide bonds. The van der Waals surface area contributed by atoms with E-state index in [2.05, 4.69) is 37.2 Å². The van der Waals surface area contributed by atoms with Gasteiger partial charge in [-0.15, -0.1) is 0 Å². The highest BCUT2D eigenvalue weighted by atomic mass is 15.1. The number of imidazole rings is 1. The molecule has 2 nitrogen and oxygen atoms in total. The quantitative estimate of drug-likeness (QED) is 0.675. The van der Waals surface area contributed by atoms with E-state index in [1.807, 2.05) is 6.33 Å². The van der Waals surface area contributed by atoms with Gasteiger partial charge in [0.25, 0.3) is 0 Å². The SMILES string of the molecule is CCC(CC)n1cnc(C)c1C. The zero-order valence-electron chi connectivity index (χ0n) is 8.46. The molecule has 0 saturated heterocycles. The van der Waals surface area contributed by atoms with Crippen LogP contribution in [-0.2, 0) is 0 Å². The largest absolute Gasteiger partial charge is 0.332 e. The van der Waals surface area contributed by atoms with Gasteiger partial charge in [0.1, 0.15) is 0 Å². The summed E-state index contributed by atoms with van der Waals surface area (Å²) in [5, 5.41) is 0. The Morgan fingerprint density at radius 1 is 1.33 bits per heavy atom. The van der Waals surface area contributed by atoms with Crippen LogP contribution in [0.25, 0.3) is 0 Å². The van der Waals surface area contributed by atoms with Crippen LogP contribution in [0.4, 0.5) is 0 Å². The minimum atomic E-state index is 0.631. The van der Waals surface area contributed by atoms with E-state index in [1.54, 1.807) is 0 Å². The lowest BCUT2D eigenvalue weighted by Crippen LogP contribution is -2.07. The summed E-state index contributed by atoms with van der Waals surface area (Å²) in [6.45, 7) is 8.65. The molecule has 2 heteroatoms. The molecule has 0 saturated carbocycles. The summed E-state index contributed by atoms with van der Waals surface area (Å²) in [7, 11) is 0. The van der Waals surface area contributed by atoms with E-state index in [0.29, 0.717) is 6.04 Å². The summed E-state index contributed by atoms with van der Waals surface area (Å²) in [4.78, 5) is 4.30. The molecule has 0 aliphatic heterocycles. The van der Waals surface area contributed by atoms with Crippen molar-refractivity contribution in [3.05, 3.63) is 17.7 Å². The maximum atomic E-state index is 4.30. The van der Waals surface area contributed by atoms with Crippen molar-refractivity contribution < 1.29 is 0 Å². The number of aryl methyl sites for hydroxylation is 1. The fourth-order valence-corrected chi connectivity index (χ4v) is 1.57. The molecule has 0 atom stereocenters. The molecule has 12 heavy (non-hydrogen) atoms. The number of hydrogen-bond acceptors (Lipinski definition) is 1. The van der Waals surface area contributed by atoms with Crippen molar-refractivity contribution in [1.82, 2.24) is 9.55 Å². The van der Waals surface area contributed by atoms with Gasteiger partial charge in [-0.25, -0.2) is 4.98 Å². The fraction of sp³-hybridized carbons (Fsp3) is 0.700. The lowest BCUT2D eigenvalue weighted by molar-refractivity contribution is 0.463. The van der Waals surface area contributed by atoms with Gasteiger partial charge in [-0.2, -0.15) is 0 Å². The standard InChI is InChI=1S/C10H18N2/c1-5-10(6-2)12-7-11-8(3)9(12)4/h7,10H,5-6H2,1-4H3. The molecule has 0 aliphatic carbocycles. The molecule has 0 unspecified atom stereocenters. The van der Waals surface area contributed by atoms with Crippen LogP contribution >= 0.6 is 0 Å². The molecular formula is C10H18N2. The molecule has 0 aliphatic rings. The lowest BCUT2D eigenvalue weighted by Gasteiger charge is -2.15. The van der Waals surface area contributed by atoms with Crippen molar-refractivity contribution in [3.8, 4) is 0 Å². The smallest absolute Gasteiger partial charge is 0.0954 e. The number of aromatic nitrogens is 2. The predicted octanol–water partition coefficient (Wildman–Crippen LogP) is 2.86. The van der Waals surface area contributed by atoms with Crippen LogP contribution in [0.5, 0.6) is 0 Å². The van der Waals surface area contributed by atoms with E-state index in [4.69, 9.17) is 0 Å². The van der Waals surface area contributed by atoms with Crippen molar-refractivity contribution in [2.45, 2.75) is 46.6 Å². The van der Waals surface area contributed by atoms with E-state index >= 15 is 0 Å². The molecule has 0 aromatic carbocycles. The molecular weight excluding hydrogens is 148 g/mol. The van der Waals surface area contributed by atoms with E-state index in [1.165, 1.54) is 18.5 Å². The Labute approximate surface area is 74.6 Å². The summed E-state index contributed by atoms with van der Waals surface area (Å²) in [6.07, 6.45) is 4.34. The van der Waals surface area contributed by atoms with Crippen LogP contribution < -0.4 is 0 Å². The summed E-state index contributed by atoms with van der Waals surface area (Å²) in [6, 6.07) is 0.631. The van der Waals surface area contributed by atoms with Crippen LogP contribution in [0.1, 0.15) is 44.1 Å². The van der Waals surface area contributed by atoms with Gasteiger partial charge in [-0.05, 0) is 26.7 Å². The van der Waals surface area contributed by atoms with Crippen molar-refractivity contribution in [1.29, 1.82) is 0 Å². The Bertz CT molecular complexity index is 246. The predicted molar refractivity (Wildman–Crippen MR) is 51.3 cm³/mol. The third-order valence-electron chi connectivity index (χ3n) is 2.62. The van der Waals surface area contributed by atoms with E-state index < -0.39 is 0 Å². The summed E-state index contributed by atoms with van der Waals surface area (Å²) in [5.74, 6) is 0. The van der Waals surface area contributed by atoms with Crippen molar-refractivity contribution in [3.63, 3.8) is 0 Å². The molecule has 1 heterocycles. The first kappa shape index (κ1) is 9.30. The van der Waals surface area contributed by atoms with E-state index in [0.717, 1.165) is 5.69 Å². The molecule has 0 spiro atoms. The van der Waals surface area contributed by atoms with Crippen LogP contribution in [0, 0.1) is 13.8 Å². The van der Waals surface area contributed by atoms with Crippen LogP contribution in [0.3, 0.4) is 0 Å². The summed E-state index contributed by atoms with van der Waals surface area (Å²) in [5.41, 5.74) is 2.46. The van der Waals surface area contributed by atoms with Gasteiger partial charge in [0.2, 0.25) is 0 Å². The van der Waals surface area contributed by atoms with Gasteiger partial charge in [0.15, 0.2) is 0 Å². The highest BCUT2D eigenvalue weighted by Gasteiger charge is 2.09. The average molecular weight is 166 g/mol. The van der Waals surface area contributed by atoms with Gasteiger partial charge in [-0.1, -0.05) is 13.8 Å². The fourth-order valence-electron chi connectivity index (χ4n) is 1.57. The highest BCUT2D eigenvalue weighted by Crippen LogP contribution is 2.18. The van der Waals surface area contributed by atoms with Crippen LogP contribution in [0.15, 0.2) is 6.33 Å². The Kier molecular flexibility index (Phi) is 2.90. The van der Waals surface area contributed by atoms with E-state index in [-0.39, 0.29) is 0 Å². The molecule has 1 rings (SSSR count). The third kappa shape index (κ3) is 1.52. The summed E-state index contributed by atoms with van der Waals surface area (Å²) >= 11 is 0. The molecule has 0 radical (unpaired) electrons. The van der Waals surface area contributed by atoms with Gasteiger partial charge in [-0.3, -0.25) is 0 Å². The zero-order chi connectivity index (χ0) is 9.14. The Balaban J connectivity index is 2.93. The van der Waals surface area contributed by atoms with Gasteiger partial charge >= 0.3 is 0 Å². The average Bonchev–Trinajstić information content (AvgIpc) is 2.38. The van der Waals surface area contributed by atoms with Crippen LogP contribution in [0.2, 0.25) is 0 Å². The summed E-state index contributed by atoms with van der Waals surface area (Å²) < 4.78 is 2.29. The van der Waals surface area contributed by atoms with Crippen molar-refractivity contribution in [2.24, 2.45) is 0 Å². The Morgan fingerprint density at radius 3 is 2.25 bits per heavy atom. The van der Waals surface area contributed by atoms with Gasteiger partial charge in [0, 0.05) is 11.7 Å². The second-order valence-corrected chi connectivity index (χ2v) is 3.29. The molecule has 0 N–H and O–H groups in total. The lowest BCUT2D eigenvalue weighted by atomic mass is 10.1. The van der Waals surface area contributed by atoms with Gasteiger partial charge in [0.05, 0.1) is 12.0 Å². The minimum absolute atomic E-state index is 0.631. The van der Waals surface area contributed by atoms with Crippen molar-refractivity contribution >= 4 is 0 Å². The van der Waals surface area contributed by atoms with E-state index in [9.17, 15) is 0 Å². The van der Waals surface area contributed by atoms with Crippen LogP contribution in [-0.4, -0.2) is 9.55 Å². The zero-order valence-corrected chi connectivity index (χ0v) is 8.46. The molecule has 68 valence electrons. The maximum Gasteiger partial charge on any atom is 0.0954 e. The first-order valence-electron chi connectivity index (χ1n) is 4.70. The maximum absolute atomic E-state index is 4.30. The minimum Gasteiger partial charge on any atom is -0.332 e. The third-order valence-corrected chi connectivity index (χ3v) is 2.62. The number of nitrogens with zero attached hydrogens (tertiary/aromatic N) is 2. The number of rotatable bonds is 3. The monoisotopic (exact) mass is 166 g/mol. The molecule has 0 bridgehead atoms. The first-order chi connectivity index (χ1) is 5.70. The molecule has 0 fully saturated rings.